The van der Waals surface area contributed by atoms with Crippen molar-refractivity contribution in [3.8, 4) is 23.7 Å². The van der Waals surface area contributed by atoms with Gasteiger partial charge in [-0.25, -0.2) is 0 Å². The minimum absolute atomic E-state index is 0.548. The Morgan fingerprint density at radius 1 is 0.406 bits per heavy atom. The maximum absolute atomic E-state index is 3.65. The van der Waals surface area contributed by atoms with Crippen LogP contribution in [0.25, 0.3) is 0 Å². The van der Waals surface area contributed by atoms with Gasteiger partial charge in [-0.3, -0.25) is 0 Å². The Morgan fingerprint density at radius 3 is 1.00 bits per heavy atom. The van der Waals surface area contributed by atoms with Crippen molar-refractivity contribution >= 4 is 0 Å². The van der Waals surface area contributed by atoms with Gasteiger partial charge in [0.15, 0.2) is 0 Å². The summed E-state index contributed by atoms with van der Waals surface area (Å²) in [4.78, 5) is 0. The van der Waals surface area contributed by atoms with E-state index in [9.17, 15) is 0 Å². The lowest BCUT2D eigenvalue weighted by molar-refractivity contribution is 0.416. The van der Waals surface area contributed by atoms with E-state index in [1.165, 1.54) is 0 Å². The van der Waals surface area contributed by atoms with Gasteiger partial charge < -0.3 is 0 Å². The number of hydrogen-bond acceptors (Lipinski definition) is 0. The minimum atomic E-state index is -0.548. The smallest absolute Gasteiger partial charge is 0.0742 e. The molecule has 0 saturated heterocycles. The van der Waals surface area contributed by atoms with Gasteiger partial charge in [-0.05, 0) is 49.2 Å². The third-order valence-electron chi connectivity index (χ3n) is 6.16. The van der Waals surface area contributed by atoms with Crippen molar-refractivity contribution < 1.29 is 0 Å². The number of benzene rings is 4. The van der Waals surface area contributed by atoms with Crippen LogP contribution in [0.5, 0.6) is 0 Å². The highest BCUT2D eigenvalue weighted by molar-refractivity contribution is 5.54. The molecule has 0 aliphatic rings. The molecule has 0 aliphatic carbocycles. The largest absolute Gasteiger partial charge is 0.0846 e. The molecule has 0 heteroatoms. The van der Waals surface area contributed by atoms with Crippen LogP contribution in [0.1, 0.15) is 36.1 Å². The monoisotopic (exact) mass is 410 g/mol. The fourth-order valence-corrected chi connectivity index (χ4v) is 3.95. The molecule has 0 heterocycles. The molecule has 0 amide bonds. The summed E-state index contributed by atoms with van der Waals surface area (Å²) >= 11 is 0. The predicted octanol–water partition coefficient (Wildman–Crippen LogP) is 7.01. The molecular weight excluding hydrogens is 384 g/mol. The van der Waals surface area contributed by atoms with E-state index in [0.29, 0.717) is 0 Å². The van der Waals surface area contributed by atoms with Gasteiger partial charge in [0, 0.05) is 11.1 Å². The first kappa shape index (κ1) is 21.2. The van der Waals surface area contributed by atoms with Gasteiger partial charge in [0.25, 0.3) is 0 Å². The van der Waals surface area contributed by atoms with Gasteiger partial charge in [0.05, 0.1) is 10.8 Å². The summed E-state index contributed by atoms with van der Waals surface area (Å²) in [6, 6.07) is 41.4. The van der Waals surface area contributed by atoms with Gasteiger partial charge in [-0.2, -0.15) is 0 Å². The third-order valence-corrected chi connectivity index (χ3v) is 6.16. The summed E-state index contributed by atoms with van der Waals surface area (Å²) in [5, 5.41) is 0. The quantitative estimate of drug-likeness (QED) is 0.319. The van der Waals surface area contributed by atoms with Gasteiger partial charge >= 0.3 is 0 Å². The Hall–Kier alpha value is -4.00. The lowest BCUT2D eigenvalue weighted by Crippen LogP contribution is -2.43. The van der Waals surface area contributed by atoms with Gasteiger partial charge in [0.2, 0.25) is 0 Å². The van der Waals surface area contributed by atoms with Crippen molar-refractivity contribution in [3.63, 3.8) is 0 Å². The Balaban J connectivity index is 1.96. The van der Waals surface area contributed by atoms with Gasteiger partial charge in [-0.15, -0.1) is 0 Å². The van der Waals surface area contributed by atoms with Crippen molar-refractivity contribution in [3.05, 3.63) is 144 Å². The van der Waals surface area contributed by atoms with Crippen molar-refractivity contribution in [1.82, 2.24) is 0 Å². The lowest BCUT2D eigenvalue weighted by atomic mass is 9.59. The molecule has 154 valence electrons. The molecule has 0 fully saturated rings. The number of hydrogen-bond donors (Lipinski definition) is 0. The fourth-order valence-electron chi connectivity index (χ4n) is 3.95. The van der Waals surface area contributed by atoms with Crippen LogP contribution in [0.4, 0.5) is 0 Å². The average molecular weight is 411 g/mol. The zero-order valence-electron chi connectivity index (χ0n) is 18.5. The molecule has 4 aromatic carbocycles. The fraction of sp³-hybridized carbons (Fsp3) is 0.125. The predicted molar refractivity (Wildman–Crippen MR) is 134 cm³/mol. The Labute approximate surface area is 192 Å². The summed E-state index contributed by atoms with van der Waals surface area (Å²) in [5.74, 6) is 14.2. The molecule has 0 radical (unpaired) electrons. The maximum Gasteiger partial charge on any atom is 0.0742 e. The van der Waals surface area contributed by atoms with Crippen LogP contribution >= 0.6 is 0 Å². The zero-order chi connectivity index (χ0) is 22.3. The molecule has 0 nitrogen and oxygen atoms in total. The van der Waals surface area contributed by atoms with Crippen LogP contribution in [0, 0.1) is 23.7 Å². The summed E-state index contributed by atoms with van der Waals surface area (Å²) in [7, 11) is 0. The molecule has 0 N–H and O–H groups in total. The first-order chi connectivity index (χ1) is 15.6. The molecule has 32 heavy (non-hydrogen) atoms. The normalized spacial score (nSPS) is 13.9. The third kappa shape index (κ3) is 4.37. The summed E-state index contributed by atoms with van der Waals surface area (Å²) in [6.07, 6.45) is 0. The Morgan fingerprint density at radius 2 is 0.688 bits per heavy atom. The van der Waals surface area contributed by atoms with Gasteiger partial charge in [0.1, 0.15) is 0 Å². The van der Waals surface area contributed by atoms with Crippen molar-refractivity contribution in [2.45, 2.75) is 24.7 Å². The number of rotatable bonds is 3. The summed E-state index contributed by atoms with van der Waals surface area (Å²) in [5.41, 5.74) is 3.21. The molecule has 4 aromatic rings. The highest BCUT2D eigenvalue weighted by Gasteiger charge is 2.45. The second-order valence-corrected chi connectivity index (χ2v) is 8.21. The Kier molecular flexibility index (Phi) is 6.26. The first-order valence-corrected chi connectivity index (χ1v) is 10.9. The van der Waals surface area contributed by atoms with E-state index in [1.807, 2.05) is 72.8 Å². The SMILES string of the molecule is CC(C#Cc1ccccc1)(c1ccccc1)C(C)(C#Cc1ccccc1)c1ccccc1. The molecule has 4 rings (SSSR count). The van der Waals surface area contributed by atoms with Crippen molar-refractivity contribution in [2.24, 2.45) is 0 Å². The van der Waals surface area contributed by atoms with Crippen LogP contribution in [-0.2, 0) is 10.8 Å². The second kappa shape index (κ2) is 9.43. The van der Waals surface area contributed by atoms with E-state index in [-0.39, 0.29) is 0 Å². The van der Waals surface area contributed by atoms with Crippen LogP contribution in [-0.4, -0.2) is 0 Å². The highest BCUT2D eigenvalue weighted by Crippen LogP contribution is 2.44. The second-order valence-electron chi connectivity index (χ2n) is 8.21. The molecule has 0 aliphatic heterocycles. The zero-order valence-corrected chi connectivity index (χ0v) is 18.5. The lowest BCUT2D eigenvalue weighted by Gasteiger charge is -2.40. The van der Waals surface area contributed by atoms with Crippen LogP contribution in [0.15, 0.2) is 121 Å². The summed E-state index contributed by atoms with van der Waals surface area (Å²) in [6.45, 7) is 4.43. The van der Waals surface area contributed by atoms with Crippen molar-refractivity contribution in [1.29, 1.82) is 0 Å². The van der Waals surface area contributed by atoms with E-state index >= 15 is 0 Å². The molecule has 2 unspecified atom stereocenters. The standard InChI is InChI=1S/C32H26/c1-31(29-19-11-5-12-20-29,25-23-27-15-7-3-8-16-27)32(2,30-21-13-6-14-22-30)26-24-28-17-9-4-10-18-28/h3-22H,1-2H3. The van der Waals surface area contributed by atoms with E-state index in [0.717, 1.165) is 22.3 Å². The molecule has 0 saturated carbocycles. The summed E-state index contributed by atoms with van der Waals surface area (Å²) < 4.78 is 0. The molecule has 0 aromatic heterocycles. The van der Waals surface area contributed by atoms with Gasteiger partial charge in [-0.1, -0.05) is 121 Å². The maximum atomic E-state index is 3.65. The van der Waals surface area contributed by atoms with E-state index in [4.69, 9.17) is 0 Å². The van der Waals surface area contributed by atoms with Crippen LogP contribution < -0.4 is 0 Å². The van der Waals surface area contributed by atoms with E-state index < -0.39 is 10.8 Å². The highest BCUT2D eigenvalue weighted by atomic mass is 14.4. The van der Waals surface area contributed by atoms with Crippen LogP contribution in [0.2, 0.25) is 0 Å². The topological polar surface area (TPSA) is 0 Å². The molecular formula is C32H26. The Bertz CT molecular complexity index is 1160. The van der Waals surface area contributed by atoms with Crippen LogP contribution in [0.3, 0.4) is 0 Å². The first-order valence-electron chi connectivity index (χ1n) is 10.9. The van der Waals surface area contributed by atoms with Crippen molar-refractivity contribution in [2.75, 3.05) is 0 Å². The minimum Gasteiger partial charge on any atom is -0.0846 e. The molecule has 0 spiro atoms. The van der Waals surface area contributed by atoms with E-state index in [2.05, 4.69) is 86.1 Å². The molecule has 2 atom stereocenters. The molecule has 0 bridgehead atoms. The van der Waals surface area contributed by atoms with E-state index in [1.54, 1.807) is 0 Å². The average Bonchev–Trinajstić information content (AvgIpc) is 2.88.